The number of nitrogens with zero attached hydrogens (tertiary/aromatic N) is 5. The Kier molecular flexibility index (Phi) is 7.27. The van der Waals surface area contributed by atoms with Crippen LogP contribution in [0, 0.1) is 20.8 Å². The topological polar surface area (TPSA) is 101 Å². The van der Waals surface area contributed by atoms with Crippen molar-refractivity contribution < 1.29 is 4.79 Å². The average Bonchev–Trinajstić information content (AvgIpc) is 3.28. The van der Waals surface area contributed by atoms with Gasteiger partial charge in [-0.3, -0.25) is 14.7 Å². The zero-order valence-electron chi connectivity index (χ0n) is 23.6. The Bertz CT molecular complexity index is 1580. The van der Waals surface area contributed by atoms with Crippen LogP contribution in [0.15, 0.2) is 41.2 Å². The number of hydrogen-bond donors (Lipinski definition) is 2. The fourth-order valence-electron chi connectivity index (χ4n) is 5.31. The van der Waals surface area contributed by atoms with Crippen molar-refractivity contribution in [2.75, 3.05) is 38.1 Å². The smallest absolute Gasteiger partial charge is 0.255 e. The van der Waals surface area contributed by atoms with E-state index in [4.69, 9.17) is 4.98 Å². The minimum atomic E-state index is -0.158. The third-order valence-electron chi connectivity index (χ3n) is 7.63. The Hall–Kier alpha value is -3.98. The number of piperazine rings is 1. The van der Waals surface area contributed by atoms with Crippen molar-refractivity contribution in [2.24, 2.45) is 0 Å². The van der Waals surface area contributed by atoms with E-state index in [1.54, 1.807) is 4.90 Å². The number of aryl methyl sites for hydroxylation is 3. The standard InChI is InChI=1S/C30H37N7O2/c1-18(2)37(17-24-19(3)14-20(4)31-29(24)38)30(39)23-15-22(16-26-28(23)21(5)33-34-26)25-8-7-9-27(32-25)36-12-10-35(6)11-13-36/h7-9,14-16,18H,10-13,17H2,1-6H3,(H,31,38)(H,33,34). The van der Waals surface area contributed by atoms with Crippen LogP contribution in [0.2, 0.25) is 0 Å². The largest absolute Gasteiger partial charge is 0.354 e. The molecule has 9 heteroatoms. The molecular weight excluding hydrogens is 490 g/mol. The molecule has 39 heavy (non-hydrogen) atoms. The Balaban J connectivity index is 1.56. The van der Waals surface area contributed by atoms with Crippen molar-refractivity contribution in [3.05, 3.63) is 74.8 Å². The van der Waals surface area contributed by atoms with Gasteiger partial charge in [0.05, 0.1) is 23.3 Å². The summed E-state index contributed by atoms with van der Waals surface area (Å²) in [5.74, 6) is 0.792. The molecule has 1 aliphatic heterocycles. The van der Waals surface area contributed by atoms with Crippen molar-refractivity contribution in [3.8, 4) is 11.3 Å². The molecule has 1 amide bonds. The van der Waals surface area contributed by atoms with Crippen LogP contribution in [0.3, 0.4) is 0 Å². The maximum atomic E-state index is 14.2. The summed E-state index contributed by atoms with van der Waals surface area (Å²) >= 11 is 0. The number of hydrogen-bond acceptors (Lipinski definition) is 6. The van der Waals surface area contributed by atoms with Gasteiger partial charge in [-0.15, -0.1) is 0 Å². The van der Waals surface area contributed by atoms with Crippen LogP contribution >= 0.6 is 0 Å². The van der Waals surface area contributed by atoms with Crippen molar-refractivity contribution >= 4 is 22.6 Å². The number of nitrogens with one attached hydrogen (secondary N) is 2. The van der Waals surface area contributed by atoms with E-state index in [1.807, 2.05) is 71.0 Å². The molecule has 0 atom stereocenters. The summed E-state index contributed by atoms with van der Waals surface area (Å²) in [5, 5.41) is 8.34. The van der Waals surface area contributed by atoms with E-state index < -0.39 is 0 Å². The van der Waals surface area contributed by atoms with Gasteiger partial charge in [-0.25, -0.2) is 4.98 Å². The predicted molar refractivity (Wildman–Crippen MR) is 155 cm³/mol. The lowest BCUT2D eigenvalue weighted by molar-refractivity contribution is 0.0691. The molecule has 3 aromatic heterocycles. The van der Waals surface area contributed by atoms with Gasteiger partial charge in [0.15, 0.2) is 0 Å². The summed E-state index contributed by atoms with van der Waals surface area (Å²) in [6.07, 6.45) is 0. The number of rotatable bonds is 6. The van der Waals surface area contributed by atoms with Crippen LogP contribution in [-0.2, 0) is 6.54 Å². The molecular formula is C30H37N7O2. The maximum absolute atomic E-state index is 14.2. The Morgan fingerprint density at radius 1 is 1.08 bits per heavy atom. The van der Waals surface area contributed by atoms with Crippen molar-refractivity contribution in [2.45, 2.75) is 47.2 Å². The third kappa shape index (κ3) is 5.31. The molecule has 4 aromatic rings. The van der Waals surface area contributed by atoms with Crippen LogP contribution in [0.25, 0.3) is 22.2 Å². The molecule has 0 bridgehead atoms. The average molecular weight is 528 g/mol. The van der Waals surface area contributed by atoms with Crippen LogP contribution in [-0.4, -0.2) is 75.1 Å². The number of pyridine rings is 2. The molecule has 4 heterocycles. The van der Waals surface area contributed by atoms with Gasteiger partial charge < -0.3 is 19.7 Å². The number of aromatic nitrogens is 4. The summed E-state index contributed by atoms with van der Waals surface area (Å²) in [6, 6.07) is 11.8. The molecule has 1 aliphatic rings. The third-order valence-corrected chi connectivity index (χ3v) is 7.63. The van der Waals surface area contributed by atoms with Gasteiger partial charge >= 0.3 is 0 Å². The SMILES string of the molecule is Cc1cc(C)c(CN(C(=O)c2cc(-c3cccc(N4CCN(C)CC4)n3)cc3n[nH]c(C)c23)C(C)C)c(=O)[nH]1. The van der Waals surface area contributed by atoms with Crippen LogP contribution in [0.1, 0.15) is 46.7 Å². The highest BCUT2D eigenvalue weighted by Gasteiger charge is 2.26. The molecule has 9 nitrogen and oxygen atoms in total. The fourth-order valence-corrected chi connectivity index (χ4v) is 5.31. The summed E-state index contributed by atoms with van der Waals surface area (Å²) in [5.41, 5.74) is 5.84. The highest BCUT2D eigenvalue weighted by Crippen LogP contribution is 2.30. The van der Waals surface area contributed by atoms with Gasteiger partial charge in [-0.2, -0.15) is 5.10 Å². The minimum absolute atomic E-state index is 0.123. The molecule has 5 rings (SSSR count). The zero-order chi connectivity index (χ0) is 27.8. The van der Waals surface area contributed by atoms with E-state index in [2.05, 4.69) is 32.0 Å². The molecule has 1 aromatic carbocycles. The molecule has 0 unspecified atom stereocenters. The van der Waals surface area contributed by atoms with Crippen molar-refractivity contribution in [3.63, 3.8) is 0 Å². The van der Waals surface area contributed by atoms with E-state index in [-0.39, 0.29) is 24.1 Å². The Morgan fingerprint density at radius 3 is 2.51 bits per heavy atom. The summed E-state index contributed by atoms with van der Waals surface area (Å²) < 4.78 is 0. The Labute approximate surface area is 228 Å². The van der Waals surface area contributed by atoms with E-state index >= 15 is 0 Å². The highest BCUT2D eigenvalue weighted by atomic mass is 16.2. The lowest BCUT2D eigenvalue weighted by Gasteiger charge is -2.33. The first kappa shape index (κ1) is 26.6. The summed E-state index contributed by atoms with van der Waals surface area (Å²) in [7, 11) is 2.14. The second kappa shape index (κ2) is 10.6. The number of benzene rings is 1. The number of carbonyl (C=O) groups is 1. The van der Waals surface area contributed by atoms with Gasteiger partial charge in [-0.05, 0) is 77.6 Å². The van der Waals surface area contributed by atoms with Gasteiger partial charge in [0.1, 0.15) is 5.82 Å². The van der Waals surface area contributed by atoms with Gasteiger partial charge in [0, 0.05) is 60.1 Å². The monoisotopic (exact) mass is 527 g/mol. The molecule has 1 saturated heterocycles. The van der Waals surface area contributed by atoms with E-state index in [0.29, 0.717) is 16.6 Å². The zero-order valence-corrected chi connectivity index (χ0v) is 23.6. The molecule has 2 N–H and O–H groups in total. The highest BCUT2D eigenvalue weighted by molar-refractivity contribution is 6.08. The fraction of sp³-hybridized carbons (Fsp3) is 0.400. The van der Waals surface area contributed by atoms with Gasteiger partial charge in [-0.1, -0.05) is 6.07 Å². The molecule has 1 fully saturated rings. The minimum Gasteiger partial charge on any atom is -0.354 e. The number of likely N-dealkylation sites (N-methyl/N-ethyl adjacent to an activating group) is 1. The first-order chi connectivity index (χ1) is 18.6. The normalized spacial score (nSPS) is 14.4. The van der Waals surface area contributed by atoms with Gasteiger partial charge in [0.2, 0.25) is 0 Å². The van der Waals surface area contributed by atoms with E-state index in [1.165, 1.54) is 0 Å². The number of aromatic amines is 2. The molecule has 0 radical (unpaired) electrons. The lowest BCUT2D eigenvalue weighted by Crippen LogP contribution is -2.44. The molecule has 204 valence electrons. The number of carbonyl (C=O) groups excluding carboxylic acids is 1. The summed E-state index contributed by atoms with van der Waals surface area (Å²) in [6.45, 7) is 13.7. The van der Waals surface area contributed by atoms with Gasteiger partial charge in [0.25, 0.3) is 11.5 Å². The van der Waals surface area contributed by atoms with Crippen LogP contribution in [0.4, 0.5) is 5.82 Å². The quantitative estimate of drug-likeness (QED) is 0.393. The number of anilines is 1. The first-order valence-electron chi connectivity index (χ1n) is 13.5. The molecule has 0 spiro atoms. The maximum Gasteiger partial charge on any atom is 0.255 e. The van der Waals surface area contributed by atoms with Crippen LogP contribution in [0.5, 0.6) is 0 Å². The number of H-pyrrole nitrogens is 2. The van der Waals surface area contributed by atoms with E-state index in [9.17, 15) is 9.59 Å². The first-order valence-corrected chi connectivity index (χ1v) is 13.5. The van der Waals surface area contributed by atoms with E-state index in [0.717, 1.165) is 65.6 Å². The second-order valence-electron chi connectivity index (χ2n) is 10.9. The predicted octanol–water partition coefficient (Wildman–Crippen LogP) is 4.04. The van der Waals surface area contributed by atoms with Crippen molar-refractivity contribution in [1.82, 2.24) is 30.0 Å². The Morgan fingerprint density at radius 2 is 1.82 bits per heavy atom. The molecule has 0 aliphatic carbocycles. The lowest BCUT2D eigenvalue weighted by atomic mass is 9.99. The summed E-state index contributed by atoms with van der Waals surface area (Å²) in [4.78, 5) is 41.2. The molecule has 0 saturated carbocycles. The number of amides is 1. The van der Waals surface area contributed by atoms with Crippen molar-refractivity contribution in [1.29, 1.82) is 0 Å². The van der Waals surface area contributed by atoms with Crippen LogP contribution < -0.4 is 10.5 Å². The number of fused-ring (bicyclic) bond motifs is 1. The second-order valence-corrected chi connectivity index (χ2v) is 10.9.